The number of carbonyl (C=O) groups excluding carboxylic acids is 1. The van der Waals surface area contributed by atoms with E-state index in [1.807, 2.05) is 4.90 Å². The van der Waals surface area contributed by atoms with Crippen LogP contribution in [0, 0.1) is 0 Å². The maximum Gasteiger partial charge on any atom is 0.417 e. The van der Waals surface area contributed by atoms with Crippen molar-refractivity contribution in [2.24, 2.45) is 0 Å². The van der Waals surface area contributed by atoms with Crippen LogP contribution in [0.4, 0.5) is 19.0 Å². The van der Waals surface area contributed by atoms with E-state index < -0.39 is 11.7 Å². The normalized spacial score (nSPS) is 16.8. The van der Waals surface area contributed by atoms with E-state index in [-0.39, 0.29) is 12.3 Å². The van der Waals surface area contributed by atoms with Gasteiger partial charge in [0.2, 0.25) is 5.91 Å². The molecule has 6 nitrogen and oxygen atoms in total. The van der Waals surface area contributed by atoms with Crippen LogP contribution in [0.1, 0.15) is 17.5 Å². The SMILES string of the molecule is O=C(Cc1cc(Cl)c2c(c1)OCCO2)N1CCCN(c2ccc(C(F)(F)F)cn2)CC1. The number of rotatable bonds is 3. The second kappa shape index (κ2) is 8.82. The van der Waals surface area contributed by atoms with Crippen molar-refractivity contribution in [2.45, 2.75) is 19.0 Å². The Balaban J connectivity index is 1.38. The van der Waals surface area contributed by atoms with E-state index >= 15 is 0 Å². The van der Waals surface area contributed by atoms with E-state index in [0.717, 1.165) is 17.8 Å². The lowest BCUT2D eigenvalue weighted by atomic mass is 10.1. The summed E-state index contributed by atoms with van der Waals surface area (Å²) >= 11 is 6.25. The Morgan fingerprint density at radius 2 is 1.90 bits per heavy atom. The van der Waals surface area contributed by atoms with Crippen molar-refractivity contribution in [1.29, 1.82) is 0 Å². The first-order chi connectivity index (χ1) is 14.8. The number of carbonyl (C=O) groups is 1. The van der Waals surface area contributed by atoms with Crippen molar-refractivity contribution in [2.75, 3.05) is 44.3 Å². The van der Waals surface area contributed by atoms with Crippen LogP contribution in [0.3, 0.4) is 0 Å². The van der Waals surface area contributed by atoms with Crippen molar-refractivity contribution >= 4 is 23.3 Å². The van der Waals surface area contributed by atoms with E-state index in [1.54, 1.807) is 17.0 Å². The Morgan fingerprint density at radius 3 is 2.65 bits per heavy atom. The Bertz CT molecular complexity index is 953. The molecule has 0 N–H and O–H groups in total. The molecule has 2 aromatic rings. The molecular formula is C21H21ClF3N3O3. The van der Waals surface area contributed by atoms with E-state index in [4.69, 9.17) is 21.1 Å². The third kappa shape index (κ3) is 4.98. The summed E-state index contributed by atoms with van der Waals surface area (Å²) in [7, 11) is 0. The minimum atomic E-state index is -4.41. The number of halogens is 4. The zero-order valence-corrected chi connectivity index (χ0v) is 17.4. The van der Waals surface area contributed by atoms with E-state index in [1.165, 1.54) is 6.07 Å². The van der Waals surface area contributed by atoms with Crippen molar-refractivity contribution in [1.82, 2.24) is 9.88 Å². The zero-order valence-electron chi connectivity index (χ0n) is 16.6. The minimum absolute atomic E-state index is 0.0463. The summed E-state index contributed by atoms with van der Waals surface area (Å²) in [5.74, 6) is 1.46. The number of anilines is 1. The summed E-state index contributed by atoms with van der Waals surface area (Å²) in [5.41, 5.74) is -0.0364. The number of hydrogen-bond donors (Lipinski definition) is 0. The molecule has 0 aliphatic carbocycles. The topological polar surface area (TPSA) is 54.9 Å². The van der Waals surface area contributed by atoms with Crippen LogP contribution in [0.2, 0.25) is 5.02 Å². The number of alkyl halides is 3. The van der Waals surface area contributed by atoms with Crippen molar-refractivity contribution < 1.29 is 27.4 Å². The second-order valence-corrected chi connectivity index (χ2v) is 7.81. The Labute approximate surface area is 182 Å². The first-order valence-electron chi connectivity index (χ1n) is 9.95. The molecule has 31 heavy (non-hydrogen) atoms. The molecule has 4 rings (SSSR count). The van der Waals surface area contributed by atoms with Crippen LogP contribution in [0.15, 0.2) is 30.5 Å². The molecular weight excluding hydrogens is 435 g/mol. The number of amides is 1. The number of aromatic nitrogens is 1. The van der Waals surface area contributed by atoms with Gasteiger partial charge in [-0.05, 0) is 36.2 Å². The second-order valence-electron chi connectivity index (χ2n) is 7.40. The minimum Gasteiger partial charge on any atom is -0.486 e. The van der Waals surface area contributed by atoms with Gasteiger partial charge in [-0.1, -0.05) is 11.6 Å². The third-order valence-corrected chi connectivity index (χ3v) is 5.54. The average Bonchev–Trinajstić information content (AvgIpc) is 3.00. The van der Waals surface area contributed by atoms with Gasteiger partial charge in [0.15, 0.2) is 11.5 Å². The van der Waals surface area contributed by atoms with Gasteiger partial charge in [0.25, 0.3) is 0 Å². The molecule has 0 radical (unpaired) electrons. The molecule has 0 spiro atoms. The molecule has 2 aliphatic rings. The van der Waals surface area contributed by atoms with Gasteiger partial charge in [-0.2, -0.15) is 13.2 Å². The van der Waals surface area contributed by atoms with Crippen molar-refractivity contribution in [3.05, 3.63) is 46.6 Å². The molecule has 1 aromatic carbocycles. The molecule has 0 atom stereocenters. The number of benzene rings is 1. The number of nitrogens with zero attached hydrogens (tertiary/aromatic N) is 3. The molecule has 1 saturated heterocycles. The van der Waals surface area contributed by atoms with Crippen molar-refractivity contribution in [3.8, 4) is 11.5 Å². The fraction of sp³-hybridized carbons (Fsp3) is 0.429. The highest BCUT2D eigenvalue weighted by Crippen LogP contribution is 2.38. The lowest BCUT2D eigenvalue weighted by Crippen LogP contribution is -2.36. The molecule has 1 aromatic heterocycles. The van der Waals surface area contributed by atoms with E-state index in [2.05, 4.69) is 4.98 Å². The summed E-state index contributed by atoms with van der Waals surface area (Å²) in [5, 5.41) is 0.412. The first kappa shape index (κ1) is 21.5. The predicted molar refractivity (Wildman–Crippen MR) is 109 cm³/mol. The van der Waals surface area contributed by atoms with Crippen LogP contribution in [-0.2, 0) is 17.4 Å². The van der Waals surface area contributed by atoms with Gasteiger partial charge in [0, 0.05) is 32.4 Å². The Kier molecular flexibility index (Phi) is 6.13. The quantitative estimate of drug-likeness (QED) is 0.704. The standard InChI is InChI=1S/C21H21ClF3N3O3/c22-16-10-14(11-17-20(16)31-9-8-30-17)12-19(29)28-5-1-4-27(6-7-28)18-3-2-15(13-26-18)21(23,24)25/h2-3,10-11,13H,1,4-9,12H2. The van der Waals surface area contributed by atoms with Crippen LogP contribution in [0.25, 0.3) is 0 Å². The van der Waals surface area contributed by atoms with Gasteiger partial charge in [-0.25, -0.2) is 4.98 Å². The third-order valence-electron chi connectivity index (χ3n) is 5.26. The van der Waals surface area contributed by atoms with Crippen LogP contribution >= 0.6 is 11.6 Å². The number of hydrogen-bond acceptors (Lipinski definition) is 5. The maximum absolute atomic E-state index is 12.8. The fourth-order valence-electron chi connectivity index (χ4n) is 3.69. The Morgan fingerprint density at radius 1 is 1.10 bits per heavy atom. The first-order valence-corrected chi connectivity index (χ1v) is 10.3. The largest absolute Gasteiger partial charge is 0.486 e. The summed E-state index contributed by atoms with van der Waals surface area (Å²) in [6.45, 7) is 2.99. The number of pyridine rings is 1. The zero-order chi connectivity index (χ0) is 22.0. The maximum atomic E-state index is 12.8. The van der Waals surface area contributed by atoms with Gasteiger partial charge in [0.05, 0.1) is 17.0 Å². The number of ether oxygens (including phenoxy) is 2. The van der Waals surface area contributed by atoms with Crippen LogP contribution in [0.5, 0.6) is 11.5 Å². The molecule has 3 heterocycles. The van der Waals surface area contributed by atoms with Gasteiger partial charge in [-0.3, -0.25) is 4.79 Å². The van der Waals surface area contributed by atoms with Crippen molar-refractivity contribution in [3.63, 3.8) is 0 Å². The van der Waals surface area contributed by atoms with Gasteiger partial charge in [0.1, 0.15) is 19.0 Å². The van der Waals surface area contributed by atoms with Gasteiger partial charge in [-0.15, -0.1) is 0 Å². The fourth-order valence-corrected chi connectivity index (χ4v) is 3.98. The molecule has 0 unspecified atom stereocenters. The highest BCUT2D eigenvalue weighted by atomic mass is 35.5. The van der Waals surface area contributed by atoms with Gasteiger partial charge >= 0.3 is 6.18 Å². The molecule has 10 heteroatoms. The van der Waals surface area contributed by atoms with Crippen LogP contribution in [-0.4, -0.2) is 55.2 Å². The molecule has 166 valence electrons. The summed E-state index contributed by atoms with van der Waals surface area (Å²) < 4.78 is 49.3. The highest BCUT2D eigenvalue weighted by molar-refractivity contribution is 6.32. The van der Waals surface area contributed by atoms with Gasteiger partial charge < -0.3 is 19.3 Å². The molecule has 0 saturated carbocycles. The molecule has 1 fully saturated rings. The Hall–Kier alpha value is -2.68. The lowest BCUT2D eigenvalue weighted by Gasteiger charge is -2.24. The summed E-state index contributed by atoms with van der Waals surface area (Å²) in [6, 6.07) is 5.89. The molecule has 2 aliphatic heterocycles. The predicted octanol–water partition coefficient (Wildman–Crippen LogP) is 3.81. The number of fused-ring (bicyclic) bond motifs is 1. The van der Waals surface area contributed by atoms with E-state index in [9.17, 15) is 18.0 Å². The average molecular weight is 456 g/mol. The summed E-state index contributed by atoms with van der Waals surface area (Å²) in [6.07, 6.45) is -2.70. The molecule has 1 amide bonds. The summed E-state index contributed by atoms with van der Waals surface area (Å²) in [4.78, 5) is 20.5. The van der Waals surface area contributed by atoms with Crippen LogP contribution < -0.4 is 14.4 Å². The van der Waals surface area contributed by atoms with E-state index in [0.29, 0.717) is 68.2 Å². The lowest BCUT2D eigenvalue weighted by molar-refractivity contribution is -0.137. The monoisotopic (exact) mass is 455 g/mol. The highest BCUT2D eigenvalue weighted by Gasteiger charge is 2.31. The smallest absolute Gasteiger partial charge is 0.417 e. The molecule has 0 bridgehead atoms.